The van der Waals surface area contributed by atoms with Gasteiger partial charge >= 0.3 is 0 Å². The molecule has 2 atom stereocenters. The highest BCUT2D eigenvalue weighted by Crippen LogP contribution is 2.40. The summed E-state index contributed by atoms with van der Waals surface area (Å²) in [6.07, 6.45) is 4.34. The quantitative estimate of drug-likeness (QED) is 0.501. The predicted octanol–water partition coefficient (Wildman–Crippen LogP) is 4.17. The zero-order valence-electron chi connectivity index (χ0n) is 23.1. The maximum atomic E-state index is 12.4. The van der Waals surface area contributed by atoms with Crippen LogP contribution in [-0.2, 0) is 17.8 Å². The van der Waals surface area contributed by atoms with E-state index in [-0.39, 0.29) is 11.9 Å². The number of para-hydroxylation sites is 1. The summed E-state index contributed by atoms with van der Waals surface area (Å²) in [7, 11) is 2.12. The van der Waals surface area contributed by atoms with E-state index in [2.05, 4.69) is 47.4 Å². The topological polar surface area (TPSA) is 75.9 Å². The van der Waals surface area contributed by atoms with E-state index in [4.69, 9.17) is 21.3 Å². The number of aryl methyl sites for hydroxylation is 1. The van der Waals surface area contributed by atoms with Gasteiger partial charge in [0.05, 0.1) is 28.6 Å². The van der Waals surface area contributed by atoms with Gasteiger partial charge in [-0.15, -0.1) is 0 Å². The Labute approximate surface area is 236 Å². The summed E-state index contributed by atoms with van der Waals surface area (Å²) in [5.74, 6) is 0.344. The van der Waals surface area contributed by atoms with Crippen molar-refractivity contribution in [2.75, 3.05) is 56.2 Å². The van der Waals surface area contributed by atoms with E-state index < -0.39 is 0 Å². The molecule has 0 bridgehead atoms. The van der Waals surface area contributed by atoms with Crippen LogP contribution in [0, 0.1) is 18.3 Å². The normalized spacial score (nSPS) is 21.5. The third-order valence-corrected chi connectivity index (χ3v) is 8.70. The van der Waals surface area contributed by atoms with Gasteiger partial charge in [-0.2, -0.15) is 5.26 Å². The second-order valence-electron chi connectivity index (χ2n) is 10.9. The van der Waals surface area contributed by atoms with Crippen molar-refractivity contribution in [2.24, 2.45) is 0 Å². The van der Waals surface area contributed by atoms with E-state index in [1.165, 1.54) is 6.08 Å². The van der Waals surface area contributed by atoms with Gasteiger partial charge in [0.25, 0.3) is 0 Å². The van der Waals surface area contributed by atoms with Crippen LogP contribution in [-0.4, -0.2) is 79.2 Å². The molecule has 5 rings (SSSR count). The van der Waals surface area contributed by atoms with Crippen LogP contribution in [0.3, 0.4) is 0 Å². The lowest BCUT2D eigenvalue weighted by atomic mass is 9.97. The molecular weight excluding hydrogens is 512 g/mol. The SMILES string of the molecule is C=CC(=O)N1CCN(c2c(C#N)c(OCC3CCCN3C)nc3c2CCN(c2c(C)cccc2Cl)C3)CC1C. The highest BCUT2D eigenvalue weighted by Gasteiger charge is 2.34. The van der Waals surface area contributed by atoms with Crippen LogP contribution >= 0.6 is 11.6 Å². The number of ether oxygens (including phenoxy) is 1. The van der Waals surface area contributed by atoms with E-state index in [0.29, 0.717) is 50.3 Å². The zero-order chi connectivity index (χ0) is 27.7. The Bertz CT molecular complexity index is 1290. The Hall–Kier alpha value is -3.28. The van der Waals surface area contributed by atoms with Crippen LogP contribution in [0.2, 0.25) is 5.02 Å². The fraction of sp³-hybridized carbons (Fsp3) is 0.500. The van der Waals surface area contributed by atoms with Gasteiger partial charge in [0.15, 0.2) is 0 Å². The van der Waals surface area contributed by atoms with Gasteiger partial charge < -0.3 is 24.3 Å². The van der Waals surface area contributed by atoms with E-state index in [9.17, 15) is 10.1 Å². The molecule has 2 saturated heterocycles. The van der Waals surface area contributed by atoms with Crippen molar-refractivity contribution in [3.8, 4) is 11.9 Å². The molecule has 2 fully saturated rings. The molecule has 8 nitrogen and oxygen atoms in total. The minimum absolute atomic E-state index is 0.0121. The van der Waals surface area contributed by atoms with Gasteiger partial charge in [0.1, 0.15) is 18.2 Å². The summed E-state index contributed by atoms with van der Waals surface area (Å²) in [6.45, 7) is 12.5. The lowest BCUT2D eigenvalue weighted by Crippen LogP contribution is -2.54. The second kappa shape index (κ2) is 11.4. The van der Waals surface area contributed by atoms with Crippen molar-refractivity contribution >= 4 is 28.9 Å². The van der Waals surface area contributed by atoms with Crippen molar-refractivity contribution in [3.63, 3.8) is 0 Å². The number of fused-ring (bicyclic) bond motifs is 1. The monoisotopic (exact) mass is 548 g/mol. The average molecular weight is 549 g/mol. The Kier molecular flexibility index (Phi) is 8.01. The van der Waals surface area contributed by atoms with E-state index >= 15 is 0 Å². The first-order valence-corrected chi connectivity index (χ1v) is 14.2. The van der Waals surface area contributed by atoms with Crippen LogP contribution in [0.1, 0.15) is 42.1 Å². The molecule has 3 aliphatic rings. The van der Waals surface area contributed by atoms with Crippen LogP contribution in [0.25, 0.3) is 0 Å². The van der Waals surface area contributed by atoms with Crippen LogP contribution in [0.15, 0.2) is 30.9 Å². The first-order valence-electron chi connectivity index (χ1n) is 13.8. The Balaban J connectivity index is 1.53. The summed E-state index contributed by atoms with van der Waals surface area (Å²) in [5, 5.41) is 11.1. The molecule has 0 N–H and O–H groups in total. The van der Waals surface area contributed by atoms with Gasteiger partial charge in [0.2, 0.25) is 11.8 Å². The molecule has 1 aromatic carbocycles. The number of hydrogen-bond acceptors (Lipinski definition) is 7. The molecule has 0 aliphatic carbocycles. The minimum atomic E-state index is -0.0603. The van der Waals surface area contributed by atoms with Crippen molar-refractivity contribution < 1.29 is 9.53 Å². The number of carbonyl (C=O) groups excluding carboxylic acids is 1. The van der Waals surface area contributed by atoms with E-state index in [1.54, 1.807) is 0 Å². The van der Waals surface area contributed by atoms with Gasteiger partial charge in [0, 0.05) is 43.8 Å². The Morgan fingerprint density at radius 3 is 2.74 bits per heavy atom. The van der Waals surface area contributed by atoms with Crippen molar-refractivity contribution in [1.29, 1.82) is 5.26 Å². The predicted molar refractivity (Wildman–Crippen MR) is 155 cm³/mol. The van der Waals surface area contributed by atoms with Crippen LogP contribution in [0.5, 0.6) is 5.88 Å². The van der Waals surface area contributed by atoms with Crippen molar-refractivity contribution in [3.05, 3.63) is 58.3 Å². The number of nitriles is 1. The number of pyridine rings is 1. The van der Waals surface area contributed by atoms with E-state index in [1.807, 2.05) is 24.0 Å². The molecule has 3 aliphatic heterocycles. The van der Waals surface area contributed by atoms with Crippen LogP contribution < -0.4 is 14.5 Å². The van der Waals surface area contributed by atoms with Gasteiger partial charge in [-0.1, -0.05) is 30.3 Å². The number of hydrogen-bond donors (Lipinski definition) is 0. The molecule has 0 radical (unpaired) electrons. The van der Waals surface area contributed by atoms with Crippen LogP contribution in [0.4, 0.5) is 11.4 Å². The minimum Gasteiger partial charge on any atom is -0.475 e. The number of likely N-dealkylation sites (N-methyl/N-ethyl adjacent to an activating group) is 1. The Morgan fingerprint density at radius 1 is 1.26 bits per heavy atom. The molecule has 2 unspecified atom stereocenters. The first kappa shape index (κ1) is 27.3. The lowest BCUT2D eigenvalue weighted by Gasteiger charge is -2.42. The fourth-order valence-electron chi connectivity index (χ4n) is 6.27. The lowest BCUT2D eigenvalue weighted by molar-refractivity contribution is -0.128. The summed E-state index contributed by atoms with van der Waals surface area (Å²) in [5.41, 5.74) is 5.56. The molecule has 206 valence electrons. The third-order valence-electron chi connectivity index (χ3n) is 8.40. The Morgan fingerprint density at radius 2 is 2.08 bits per heavy atom. The fourth-order valence-corrected chi connectivity index (χ4v) is 6.62. The molecule has 2 aromatic rings. The highest BCUT2D eigenvalue weighted by molar-refractivity contribution is 6.33. The number of benzene rings is 1. The average Bonchev–Trinajstić information content (AvgIpc) is 3.34. The first-order chi connectivity index (χ1) is 18.8. The molecule has 9 heteroatoms. The molecular formula is C30H37ClN6O2. The molecule has 0 spiro atoms. The summed E-state index contributed by atoms with van der Waals surface area (Å²) in [6, 6.07) is 8.72. The maximum Gasteiger partial charge on any atom is 0.246 e. The number of rotatable bonds is 6. The summed E-state index contributed by atoms with van der Waals surface area (Å²) >= 11 is 6.64. The molecule has 1 aromatic heterocycles. The number of anilines is 2. The van der Waals surface area contributed by atoms with Crippen molar-refractivity contribution in [2.45, 2.75) is 51.7 Å². The number of amides is 1. The maximum absolute atomic E-state index is 12.4. The van der Waals surface area contributed by atoms with Gasteiger partial charge in [-0.05, 0) is 64.4 Å². The molecule has 1 amide bonds. The second-order valence-corrected chi connectivity index (χ2v) is 11.3. The van der Waals surface area contributed by atoms with Gasteiger partial charge in [-0.25, -0.2) is 4.98 Å². The number of halogens is 1. The highest BCUT2D eigenvalue weighted by atomic mass is 35.5. The number of piperazine rings is 1. The van der Waals surface area contributed by atoms with E-state index in [0.717, 1.165) is 65.6 Å². The molecule has 39 heavy (non-hydrogen) atoms. The largest absolute Gasteiger partial charge is 0.475 e. The number of aromatic nitrogens is 1. The molecule has 0 saturated carbocycles. The number of nitrogens with zero attached hydrogens (tertiary/aromatic N) is 6. The zero-order valence-corrected chi connectivity index (χ0v) is 23.9. The molecule has 4 heterocycles. The summed E-state index contributed by atoms with van der Waals surface area (Å²) < 4.78 is 6.35. The smallest absolute Gasteiger partial charge is 0.246 e. The summed E-state index contributed by atoms with van der Waals surface area (Å²) in [4.78, 5) is 26.1. The third kappa shape index (κ3) is 5.30. The number of carbonyl (C=O) groups is 1. The van der Waals surface area contributed by atoms with Gasteiger partial charge in [-0.3, -0.25) is 4.79 Å². The van der Waals surface area contributed by atoms with Crippen molar-refractivity contribution in [1.82, 2.24) is 14.8 Å². The standard InChI is InChI=1S/C30H37ClN6O2/c1-5-27(38)37-15-14-36(17-21(37)3)29-23-11-13-35(28-20(2)8-6-10-25(28)31)18-26(23)33-30(24(29)16-32)39-19-22-9-7-12-34(22)4/h5-6,8,10,21-22H,1,7,9,11-15,17-19H2,2-4H3. The number of likely N-dealkylation sites (tertiary alicyclic amines) is 1.